The minimum atomic E-state index is -0.878. The number of nitro benzene ring substituents is 1. The molecule has 0 fully saturated rings. The maximum Gasteiger partial charge on any atom is 0.273 e. The van der Waals surface area contributed by atoms with Gasteiger partial charge in [-0.25, -0.2) is 4.39 Å². The summed E-state index contributed by atoms with van der Waals surface area (Å²) < 4.78 is 12.9. The minimum Gasteiger partial charge on any atom is -0.339 e. The lowest BCUT2D eigenvalue weighted by atomic mass is 10.2. The molecule has 1 amide bonds. The van der Waals surface area contributed by atoms with E-state index in [0.29, 0.717) is 6.07 Å². The molecule has 0 aliphatic rings. The lowest BCUT2D eigenvalue weighted by Gasteiger charge is -2.01. The smallest absolute Gasteiger partial charge is 0.273 e. The molecule has 1 aromatic rings. The average molecular weight is 223 g/mol. The van der Waals surface area contributed by atoms with Gasteiger partial charge >= 0.3 is 0 Å². The van der Waals surface area contributed by atoms with E-state index >= 15 is 0 Å². The van der Waals surface area contributed by atoms with Crippen LogP contribution in [0.2, 0.25) is 0 Å². The van der Waals surface area contributed by atoms with Crippen LogP contribution in [0.25, 0.3) is 0 Å². The second-order valence-corrected chi connectivity index (χ2v) is 2.80. The summed E-state index contributed by atoms with van der Waals surface area (Å²) in [6, 6.07) is 4.17. The van der Waals surface area contributed by atoms with Gasteiger partial charge in [0, 0.05) is 11.6 Å². The van der Waals surface area contributed by atoms with Crippen LogP contribution in [0.5, 0.6) is 0 Å². The van der Waals surface area contributed by atoms with Crippen molar-refractivity contribution in [3.63, 3.8) is 0 Å². The fourth-order valence-electron chi connectivity index (χ4n) is 1.03. The highest BCUT2D eigenvalue weighted by Crippen LogP contribution is 2.16. The Hall–Kier alpha value is -2.49. The molecule has 0 heterocycles. The molecule has 6 nitrogen and oxygen atoms in total. The van der Waals surface area contributed by atoms with E-state index in [0.717, 1.165) is 12.1 Å². The molecule has 0 radical (unpaired) electrons. The maximum absolute atomic E-state index is 12.9. The maximum atomic E-state index is 12.9. The zero-order chi connectivity index (χ0) is 12.1. The molecule has 0 saturated carbocycles. The molecule has 7 heteroatoms. The SMILES string of the molecule is N#CCNC(=O)c1cc(F)cc([N+](=O)[O-])c1. The predicted octanol–water partition coefficient (Wildman–Crippen LogP) is 0.987. The van der Waals surface area contributed by atoms with E-state index in [1.54, 1.807) is 6.07 Å². The van der Waals surface area contributed by atoms with E-state index in [1.165, 1.54) is 0 Å². The number of rotatable bonds is 3. The first-order valence-corrected chi connectivity index (χ1v) is 4.14. The summed E-state index contributed by atoms with van der Waals surface area (Å²) in [7, 11) is 0. The van der Waals surface area contributed by atoms with Gasteiger partial charge < -0.3 is 5.32 Å². The number of non-ortho nitro benzene ring substituents is 1. The molecular weight excluding hydrogens is 217 g/mol. The zero-order valence-electron chi connectivity index (χ0n) is 7.94. The number of hydrogen-bond donors (Lipinski definition) is 1. The number of nitrogens with zero attached hydrogens (tertiary/aromatic N) is 2. The Bertz CT molecular complexity index is 481. The number of nitro groups is 1. The van der Waals surface area contributed by atoms with E-state index in [-0.39, 0.29) is 12.1 Å². The quantitative estimate of drug-likeness (QED) is 0.469. The minimum absolute atomic E-state index is 0.193. The van der Waals surface area contributed by atoms with E-state index in [9.17, 15) is 19.3 Å². The van der Waals surface area contributed by atoms with Crippen molar-refractivity contribution in [3.05, 3.63) is 39.7 Å². The normalized spacial score (nSPS) is 9.25. The molecule has 0 aliphatic carbocycles. The van der Waals surface area contributed by atoms with Crippen LogP contribution in [0.15, 0.2) is 18.2 Å². The molecule has 1 rings (SSSR count). The molecule has 0 saturated heterocycles. The van der Waals surface area contributed by atoms with E-state index < -0.39 is 22.3 Å². The number of benzene rings is 1. The van der Waals surface area contributed by atoms with Crippen molar-refractivity contribution in [2.24, 2.45) is 0 Å². The monoisotopic (exact) mass is 223 g/mol. The highest BCUT2D eigenvalue weighted by molar-refractivity contribution is 5.94. The molecule has 0 aromatic heterocycles. The van der Waals surface area contributed by atoms with Crippen molar-refractivity contribution < 1.29 is 14.1 Å². The third-order valence-electron chi connectivity index (χ3n) is 1.68. The molecule has 1 N–H and O–H groups in total. The highest BCUT2D eigenvalue weighted by Gasteiger charge is 2.14. The van der Waals surface area contributed by atoms with Gasteiger partial charge in [-0.05, 0) is 6.07 Å². The van der Waals surface area contributed by atoms with Crippen LogP contribution in [-0.4, -0.2) is 17.4 Å². The highest BCUT2D eigenvalue weighted by atomic mass is 19.1. The van der Waals surface area contributed by atoms with Gasteiger partial charge in [-0.1, -0.05) is 0 Å². The largest absolute Gasteiger partial charge is 0.339 e. The van der Waals surface area contributed by atoms with Crippen molar-refractivity contribution in [1.82, 2.24) is 5.32 Å². The Labute approximate surface area is 89.4 Å². The van der Waals surface area contributed by atoms with Crippen LogP contribution in [0.3, 0.4) is 0 Å². The summed E-state index contributed by atoms with van der Waals surface area (Å²) in [5, 5.41) is 20.8. The number of nitriles is 1. The van der Waals surface area contributed by atoms with Gasteiger partial charge in [0.25, 0.3) is 11.6 Å². The van der Waals surface area contributed by atoms with Gasteiger partial charge in [-0.15, -0.1) is 0 Å². The standard InChI is InChI=1S/C9H6FN3O3/c10-7-3-6(9(14)12-2-1-11)4-8(5-7)13(15)16/h3-5H,2H2,(H,12,14). The average Bonchev–Trinajstić information content (AvgIpc) is 2.24. The van der Waals surface area contributed by atoms with Crippen LogP contribution in [0.4, 0.5) is 10.1 Å². The Morgan fingerprint density at radius 2 is 2.25 bits per heavy atom. The Kier molecular flexibility index (Phi) is 3.50. The predicted molar refractivity (Wildman–Crippen MR) is 51.0 cm³/mol. The Morgan fingerprint density at radius 3 is 2.81 bits per heavy atom. The lowest BCUT2D eigenvalue weighted by molar-refractivity contribution is -0.385. The first-order chi connectivity index (χ1) is 7.54. The third kappa shape index (κ3) is 2.75. The third-order valence-corrected chi connectivity index (χ3v) is 1.68. The number of hydrogen-bond acceptors (Lipinski definition) is 4. The molecule has 16 heavy (non-hydrogen) atoms. The van der Waals surface area contributed by atoms with Crippen LogP contribution < -0.4 is 5.32 Å². The topological polar surface area (TPSA) is 96.0 Å². The lowest BCUT2D eigenvalue weighted by Crippen LogP contribution is -2.23. The first kappa shape index (κ1) is 11.6. The van der Waals surface area contributed by atoms with Crippen molar-refractivity contribution in [1.29, 1.82) is 5.26 Å². The Balaban J connectivity index is 3.01. The van der Waals surface area contributed by atoms with Gasteiger partial charge in [-0.3, -0.25) is 14.9 Å². The summed E-state index contributed by atoms with van der Waals surface area (Å²) in [5.41, 5.74) is -0.705. The summed E-state index contributed by atoms with van der Waals surface area (Å²) >= 11 is 0. The van der Waals surface area contributed by atoms with Crippen molar-refractivity contribution >= 4 is 11.6 Å². The molecule has 0 unspecified atom stereocenters. The number of carbonyl (C=O) groups excluding carboxylic acids is 1. The van der Waals surface area contributed by atoms with E-state index in [1.807, 2.05) is 0 Å². The van der Waals surface area contributed by atoms with Gasteiger partial charge in [0.05, 0.1) is 17.1 Å². The van der Waals surface area contributed by atoms with Crippen molar-refractivity contribution in [2.75, 3.05) is 6.54 Å². The van der Waals surface area contributed by atoms with Gasteiger partial charge in [-0.2, -0.15) is 5.26 Å². The molecule has 0 spiro atoms. The fourth-order valence-corrected chi connectivity index (χ4v) is 1.03. The number of halogens is 1. The number of nitrogens with one attached hydrogen (secondary N) is 1. The second-order valence-electron chi connectivity index (χ2n) is 2.80. The molecule has 82 valence electrons. The molecule has 0 atom stereocenters. The van der Waals surface area contributed by atoms with E-state index in [4.69, 9.17) is 5.26 Å². The van der Waals surface area contributed by atoms with Crippen molar-refractivity contribution in [3.8, 4) is 6.07 Å². The molecule has 1 aromatic carbocycles. The first-order valence-electron chi connectivity index (χ1n) is 4.14. The summed E-state index contributed by atoms with van der Waals surface area (Å²) in [6.45, 7) is -0.247. The molecular formula is C9H6FN3O3. The molecule has 0 aliphatic heterocycles. The van der Waals surface area contributed by atoms with Crippen LogP contribution >= 0.6 is 0 Å². The summed E-state index contributed by atoms with van der Waals surface area (Å²) in [6.07, 6.45) is 0. The fraction of sp³-hybridized carbons (Fsp3) is 0.111. The molecule has 0 bridgehead atoms. The van der Waals surface area contributed by atoms with E-state index in [2.05, 4.69) is 5.32 Å². The zero-order valence-corrected chi connectivity index (χ0v) is 7.94. The summed E-state index contributed by atoms with van der Waals surface area (Å²) in [4.78, 5) is 20.9. The van der Waals surface area contributed by atoms with Gasteiger partial charge in [0.2, 0.25) is 0 Å². The van der Waals surface area contributed by atoms with Crippen LogP contribution in [0, 0.1) is 27.3 Å². The number of amides is 1. The van der Waals surface area contributed by atoms with Crippen LogP contribution in [-0.2, 0) is 0 Å². The van der Waals surface area contributed by atoms with Crippen molar-refractivity contribution in [2.45, 2.75) is 0 Å². The van der Waals surface area contributed by atoms with Crippen LogP contribution in [0.1, 0.15) is 10.4 Å². The Morgan fingerprint density at radius 1 is 1.56 bits per heavy atom. The van der Waals surface area contributed by atoms with Gasteiger partial charge in [0.1, 0.15) is 12.4 Å². The second kappa shape index (κ2) is 4.84. The number of carbonyl (C=O) groups is 1. The van der Waals surface area contributed by atoms with Gasteiger partial charge in [0.15, 0.2) is 0 Å². The summed E-state index contributed by atoms with van der Waals surface area (Å²) in [5.74, 6) is -1.61.